The van der Waals surface area contributed by atoms with Gasteiger partial charge in [0, 0.05) is 22.9 Å². The number of amides is 1. The molecule has 2 aromatic carbocycles. The fourth-order valence-electron chi connectivity index (χ4n) is 2.44. The lowest BCUT2D eigenvalue weighted by Crippen LogP contribution is -2.12. The van der Waals surface area contributed by atoms with Gasteiger partial charge in [0.05, 0.1) is 11.3 Å². The Morgan fingerprint density at radius 3 is 2.55 bits per heavy atom. The van der Waals surface area contributed by atoms with Crippen LogP contribution in [0.25, 0.3) is 11.3 Å². The van der Waals surface area contributed by atoms with Crippen molar-refractivity contribution in [1.29, 1.82) is 0 Å². The Bertz CT molecular complexity index is 1190. The highest BCUT2D eigenvalue weighted by Gasteiger charge is 2.30. The van der Waals surface area contributed by atoms with Crippen molar-refractivity contribution in [3.05, 3.63) is 58.4 Å². The molecule has 3 rings (SSSR count). The minimum absolute atomic E-state index is 0.0219. The van der Waals surface area contributed by atoms with Crippen LogP contribution in [0.1, 0.15) is 15.4 Å². The summed E-state index contributed by atoms with van der Waals surface area (Å²) < 4.78 is 61.9. The maximum absolute atomic E-state index is 12.9. The highest BCUT2D eigenvalue weighted by molar-refractivity contribution is 7.90. The molecule has 6 nitrogen and oxygen atoms in total. The van der Waals surface area contributed by atoms with Gasteiger partial charge in [0.2, 0.25) is 0 Å². The first-order valence-corrected chi connectivity index (χ1v) is 10.7. The summed E-state index contributed by atoms with van der Waals surface area (Å²) in [5.74, 6) is -1.12. The molecule has 0 aliphatic rings. The lowest BCUT2D eigenvalue weighted by molar-refractivity contribution is -0.137. The fourth-order valence-corrected chi connectivity index (χ4v) is 3.95. The minimum Gasteiger partial charge on any atom is -0.507 e. The standard InChI is InChI=1S/C18H13F3N2O4S2/c1-29(26,27)15-8-12(5-6-14(15)24)22-16(25)17-23-13(9-28-17)10-3-2-4-11(7-10)18(19,20)21/h2-9,24H,1H3,(H,22,25). The van der Waals surface area contributed by atoms with Crippen LogP contribution in [0.3, 0.4) is 0 Å². The maximum atomic E-state index is 12.9. The Morgan fingerprint density at radius 1 is 1.17 bits per heavy atom. The van der Waals surface area contributed by atoms with E-state index in [1.54, 1.807) is 0 Å². The Balaban J connectivity index is 1.84. The van der Waals surface area contributed by atoms with Crippen molar-refractivity contribution in [2.24, 2.45) is 0 Å². The van der Waals surface area contributed by atoms with Crippen molar-refractivity contribution in [3.8, 4) is 17.0 Å². The molecule has 2 N–H and O–H groups in total. The molecule has 3 aromatic rings. The predicted octanol–water partition coefficient (Wildman–Crippen LogP) is 4.19. The molecule has 0 aliphatic carbocycles. The van der Waals surface area contributed by atoms with Crippen molar-refractivity contribution in [2.45, 2.75) is 11.1 Å². The third-order valence-corrected chi connectivity index (χ3v) is 5.77. The number of aromatic hydroxyl groups is 1. The van der Waals surface area contributed by atoms with Crippen LogP contribution in [-0.4, -0.2) is 30.7 Å². The molecule has 0 spiro atoms. The third kappa shape index (κ3) is 4.74. The lowest BCUT2D eigenvalue weighted by Gasteiger charge is -2.07. The SMILES string of the molecule is CS(=O)(=O)c1cc(NC(=O)c2nc(-c3cccc(C(F)(F)F)c3)cs2)ccc1O. The van der Waals surface area contributed by atoms with Crippen LogP contribution in [-0.2, 0) is 16.0 Å². The van der Waals surface area contributed by atoms with Gasteiger partial charge in [-0.05, 0) is 30.3 Å². The van der Waals surface area contributed by atoms with Gasteiger partial charge in [-0.15, -0.1) is 11.3 Å². The van der Waals surface area contributed by atoms with Crippen LogP contribution in [0.2, 0.25) is 0 Å². The first kappa shape index (κ1) is 20.8. The zero-order chi connectivity index (χ0) is 21.4. The molecule has 1 amide bonds. The topological polar surface area (TPSA) is 96.4 Å². The number of hydrogen-bond donors (Lipinski definition) is 2. The van der Waals surface area contributed by atoms with Crippen molar-refractivity contribution < 1.29 is 31.5 Å². The average molecular weight is 442 g/mol. The Morgan fingerprint density at radius 2 is 1.90 bits per heavy atom. The second-order valence-corrected chi connectivity index (χ2v) is 8.87. The van der Waals surface area contributed by atoms with E-state index in [2.05, 4.69) is 10.3 Å². The van der Waals surface area contributed by atoms with Gasteiger partial charge in [0.1, 0.15) is 10.6 Å². The van der Waals surface area contributed by atoms with Crippen LogP contribution < -0.4 is 5.32 Å². The number of alkyl halides is 3. The summed E-state index contributed by atoms with van der Waals surface area (Å²) in [5.41, 5.74) is -0.302. The second kappa shape index (κ2) is 7.48. The summed E-state index contributed by atoms with van der Waals surface area (Å²) in [6.07, 6.45) is -3.59. The van der Waals surface area contributed by atoms with E-state index in [1.165, 1.54) is 23.6 Å². The zero-order valence-corrected chi connectivity index (χ0v) is 16.3. The van der Waals surface area contributed by atoms with E-state index in [0.717, 1.165) is 41.9 Å². The van der Waals surface area contributed by atoms with E-state index < -0.39 is 33.2 Å². The highest BCUT2D eigenvalue weighted by atomic mass is 32.2. The molecular weight excluding hydrogens is 429 g/mol. The largest absolute Gasteiger partial charge is 0.507 e. The molecule has 0 saturated heterocycles. The molecule has 29 heavy (non-hydrogen) atoms. The van der Waals surface area contributed by atoms with Gasteiger partial charge in [-0.2, -0.15) is 13.2 Å². The number of hydrogen-bond acceptors (Lipinski definition) is 6. The number of thiazole rings is 1. The quantitative estimate of drug-likeness (QED) is 0.591. The predicted molar refractivity (Wildman–Crippen MR) is 102 cm³/mol. The second-order valence-electron chi connectivity index (χ2n) is 6.03. The van der Waals surface area contributed by atoms with Gasteiger partial charge in [0.25, 0.3) is 5.91 Å². The van der Waals surface area contributed by atoms with E-state index in [4.69, 9.17) is 0 Å². The molecule has 0 fully saturated rings. The molecule has 0 saturated carbocycles. The van der Waals surface area contributed by atoms with Crippen LogP contribution in [0, 0.1) is 0 Å². The number of nitrogens with zero attached hydrogens (tertiary/aromatic N) is 1. The maximum Gasteiger partial charge on any atom is 0.416 e. The lowest BCUT2D eigenvalue weighted by atomic mass is 10.1. The number of benzene rings is 2. The van der Waals surface area contributed by atoms with Gasteiger partial charge >= 0.3 is 6.18 Å². The molecular formula is C18H13F3N2O4S2. The van der Waals surface area contributed by atoms with Gasteiger partial charge < -0.3 is 10.4 Å². The highest BCUT2D eigenvalue weighted by Crippen LogP contribution is 2.32. The summed E-state index contributed by atoms with van der Waals surface area (Å²) in [5, 5.41) is 13.5. The third-order valence-electron chi connectivity index (χ3n) is 3.80. The number of aromatic nitrogens is 1. The van der Waals surface area contributed by atoms with Crippen LogP contribution in [0.4, 0.5) is 18.9 Å². The summed E-state index contributed by atoms with van der Waals surface area (Å²) in [7, 11) is -3.71. The number of carbonyl (C=O) groups excluding carboxylic acids is 1. The zero-order valence-electron chi connectivity index (χ0n) is 14.7. The monoisotopic (exact) mass is 442 g/mol. The average Bonchev–Trinajstić information content (AvgIpc) is 3.12. The first-order chi connectivity index (χ1) is 13.4. The van der Waals surface area contributed by atoms with Crippen LogP contribution in [0.5, 0.6) is 5.75 Å². The molecule has 1 aromatic heterocycles. The smallest absolute Gasteiger partial charge is 0.416 e. The number of nitrogens with one attached hydrogen (secondary N) is 1. The van der Waals surface area contributed by atoms with E-state index >= 15 is 0 Å². The van der Waals surface area contributed by atoms with Crippen molar-refractivity contribution >= 4 is 32.8 Å². The Labute approximate surface area is 167 Å². The number of anilines is 1. The summed E-state index contributed by atoms with van der Waals surface area (Å²) in [4.78, 5) is 16.1. The van der Waals surface area contributed by atoms with E-state index in [9.17, 15) is 31.5 Å². The Kier molecular flexibility index (Phi) is 5.37. The molecule has 0 bridgehead atoms. The molecule has 0 aliphatic heterocycles. The number of rotatable bonds is 4. The number of halogens is 3. The normalized spacial score (nSPS) is 12.0. The van der Waals surface area contributed by atoms with E-state index in [0.29, 0.717) is 0 Å². The summed E-state index contributed by atoms with van der Waals surface area (Å²) >= 11 is 0.926. The molecule has 11 heteroatoms. The molecule has 0 unspecified atom stereocenters. The minimum atomic E-state index is -4.50. The summed E-state index contributed by atoms with van der Waals surface area (Å²) in [6.45, 7) is 0. The van der Waals surface area contributed by atoms with Gasteiger partial charge in [-0.25, -0.2) is 13.4 Å². The fraction of sp³-hybridized carbons (Fsp3) is 0.111. The number of phenols is 1. The van der Waals surface area contributed by atoms with E-state index in [-0.39, 0.29) is 26.8 Å². The number of carbonyl (C=O) groups is 1. The molecule has 0 atom stereocenters. The van der Waals surface area contributed by atoms with Crippen molar-refractivity contribution in [3.63, 3.8) is 0 Å². The van der Waals surface area contributed by atoms with Crippen molar-refractivity contribution in [1.82, 2.24) is 4.98 Å². The van der Waals surface area contributed by atoms with E-state index in [1.807, 2.05) is 0 Å². The van der Waals surface area contributed by atoms with Crippen molar-refractivity contribution in [2.75, 3.05) is 11.6 Å². The molecule has 1 heterocycles. The first-order valence-electron chi connectivity index (χ1n) is 7.93. The molecule has 152 valence electrons. The van der Waals surface area contributed by atoms with Gasteiger partial charge in [-0.1, -0.05) is 12.1 Å². The van der Waals surface area contributed by atoms with Crippen LogP contribution in [0.15, 0.2) is 52.7 Å². The number of phenolic OH excluding ortho intramolecular Hbond substituents is 1. The number of sulfone groups is 1. The van der Waals surface area contributed by atoms with Gasteiger partial charge in [-0.3, -0.25) is 4.79 Å². The molecule has 0 radical (unpaired) electrons. The Hall–Kier alpha value is -2.92. The van der Waals surface area contributed by atoms with Crippen LogP contribution >= 0.6 is 11.3 Å². The van der Waals surface area contributed by atoms with Gasteiger partial charge in [0.15, 0.2) is 14.8 Å². The summed E-state index contributed by atoms with van der Waals surface area (Å²) in [6, 6.07) is 8.11.